The van der Waals surface area contributed by atoms with Gasteiger partial charge in [0, 0.05) is 49.6 Å². The third-order valence-electron chi connectivity index (χ3n) is 5.21. The molecule has 0 saturated carbocycles. The standard InChI is InChI=1S/C22H20F2N4O3/c23-22(24)17-3-1-2-16(26-17)19(29)10-15-12-28-13-18(14-4-7-30-8-5-14)27-21(28)11-20(15)31-9-6-25/h1-3,11-14,22H,4-5,7-10H2. The number of nitriles is 1. The van der Waals surface area contributed by atoms with Gasteiger partial charge in [0.25, 0.3) is 6.43 Å². The van der Waals surface area contributed by atoms with Gasteiger partial charge in [0.2, 0.25) is 0 Å². The average Bonchev–Trinajstić information content (AvgIpc) is 3.21. The number of halogens is 2. The lowest BCUT2D eigenvalue weighted by atomic mass is 9.97. The lowest BCUT2D eigenvalue weighted by molar-refractivity contribution is 0.0846. The summed E-state index contributed by atoms with van der Waals surface area (Å²) in [5.41, 5.74) is 1.61. The van der Waals surface area contributed by atoms with E-state index in [4.69, 9.17) is 14.7 Å². The van der Waals surface area contributed by atoms with E-state index in [0.29, 0.717) is 36.1 Å². The van der Waals surface area contributed by atoms with Crippen LogP contribution in [0.2, 0.25) is 0 Å². The Bertz CT molecular complexity index is 1130. The van der Waals surface area contributed by atoms with Crippen molar-refractivity contribution in [2.75, 3.05) is 19.8 Å². The molecule has 3 aromatic rings. The van der Waals surface area contributed by atoms with Crippen LogP contribution in [0.25, 0.3) is 5.65 Å². The van der Waals surface area contributed by atoms with Crippen molar-refractivity contribution in [1.82, 2.24) is 14.4 Å². The molecular weight excluding hydrogens is 406 g/mol. The predicted octanol–water partition coefficient (Wildman–Crippen LogP) is 3.89. The molecule has 1 saturated heterocycles. The van der Waals surface area contributed by atoms with Crippen molar-refractivity contribution in [1.29, 1.82) is 5.26 Å². The van der Waals surface area contributed by atoms with Crippen molar-refractivity contribution >= 4 is 11.4 Å². The molecule has 0 N–H and O–H groups in total. The maximum atomic E-state index is 12.9. The number of hydrogen-bond donors (Lipinski definition) is 0. The summed E-state index contributed by atoms with van der Waals surface area (Å²) in [6.07, 6.45) is 2.56. The Morgan fingerprint density at radius 2 is 2.10 bits per heavy atom. The van der Waals surface area contributed by atoms with Crippen LogP contribution in [0.3, 0.4) is 0 Å². The van der Waals surface area contributed by atoms with E-state index >= 15 is 0 Å². The number of aromatic nitrogens is 3. The van der Waals surface area contributed by atoms with Crippen LogP contribution in [0, 0.1) is 11.3 Å². The van der Waals surface area contributed by atoms with E-state index in [2.05, 4.69) is 9.97 Å². The number of hydrogen-bond acceptors (Lipinski definition) is 6. The first-order valence-electron chi connectivity index (χ1n) is 9.92. The molecule has 0 aromatic carbocycles. The van der Waals surface area contributed by atoms with Gasteiger partial charge in [-0.2, -0.15) is 5.26 Å². The maximum Gasteiger partial charge on any atom is 0.280 e. The Morgan fingerprint density at radius 1 is 1.29 bits per heavy atom. The van der Waals surface area contributed by atoms with Crippen LogP contribution in [0.5, 0.6) is 5.75 Å². The molecule has 4 heterocycles. The highest BCUT2D eigenvalue weighted by Crippen LogP contribution is 2.29. The van der Waals surface area contributed by atoms with E-state index in [1.54, 1.807) is 12.3 Å². The molecule has 0 aliphatic carbocycles. The van der Waals surface area contributed by atoms with Gasteiger partial charge < -0.3 is 13.9 Å². The molecule has 0 amide bonds. The second-order valence-electron chi connectivity index (χ2n) is 7.28. The second-order valence-corrected chi connectivity index (χ2v) is 7.28. The Morgan fingerprint density at radius 3 is 2.84 bits per heavy atom. The number of nitrogens with zero attached hydrogens (tertiary/aromatic N) is 4. The number of carbonyl (C=O) groups excluding carboxylic acids is 1. The minimum atomic E-state index is -2.76. The van der Waals surface area contributed by atoms with Gasteiger partial charge in [0.1, 0.15) is 28.9 Å². The number of rotatable bonds is 7. The lowest BCUT2D eigenvalue weighted by Crippen LogP contribution is -2.14. The summed E-state index contributed by atoms with van der Waals surface area (Å²) in [7, 11) is 0. The summed E-state index contributed by atoms with van der Waals surface area (Å²) < 4.78 is 38.6. The van der Waals surface area contributed by atoms with Crippen LogP contribution in [0.15, 0.2) is 36.7 Å². The first-order chi connectivity index (χ1) is 15.0. The van der Waals surface area contributed by atoms with E-state index in [0.717, 1.165) is 18.5 Å². The van der Waals surface area contributed by atoms with Crippen LogP contribution in [-0.2, 0) is 11.2 Å². The molecule has 31 heavy (non-hydrogen) atoms. The van der Waals surface area contributed by atoms with Crippen molar-refractivity contribution in [2.45, 2.75) is 31.6 Å². The van der Waals surface area contributed by atoms with E-state index in [1.807, 2.05) is 16.7 Å². The number of ether oxygens (including phenoxy) is 2. The molecule has 0 bridgehead atoms. The molecule has 0 unspecified atom stereocenters. The minimum absolute atomic E-state index is 0.0438. The second kappa shape index (κ2) is 9.18. The highest BCUT2D eigenvalue weighted by molar-refractivity contribution is 5.96. The lowest BCUT2D eigenvalue weighted by Gasteiger charge is -2.19. The van der Waals surface area contributed by atoms with Crippen molar-refractivity contribution in [3.8, 4) is 11.8 Å². The van der Waals surface area contributed by atoms with E-state index in [9.17, 15) is 13.6 Å². The minimum Gasteiger partial charge on any atom is -0.478 e. The first-order valence-corrected chi connectivity index (χ1v) is 9.92. The summed E-state index contributed by atoms with van der Waals surface area (Å²) in [5.74, 6) is 0.230. The topological polar surface area (TPSA) is 89.5 Å². The molecule has 9 heteroatoms. The monoisotopic (exact) mass is 426 g/mol. The van der Waals surface area contributed by atoms with Gasteiger partial charge in [-0.05, 0) is 25.0 Å². The van der Waals surface area contributed by atoms with E-state index < -0.39 is 17.9 Å². The Labute approximate surface area is 177 Å². The molecule has 3 aromatic heterocycles. The van der Waals surface area contributed by atoms with Crippen molar-refractivity contribution < 1.29 is 23.0 Å². The van der Waals surface area contributed by atoms with Gasteiger partial charge in [-0.3, -0.25) is 4.79 Å². The van der Waals surface area contributed by atoms with Crippen LogP contribution in [0.4, 0.5) is 8.78 Å². The zero-order valence-electron chi connectivity index (χ0n) is 16.6. The highest BCUT2D eigenvalue weighted by atomic mass is 19.3. The fourth-order valence-corrected chi connectivity index (χ4v) is 3.64. The van der Waals surface area contributed by atoms with Gasteiger partial charge >= 0.3 is 0 Å². The van der Waals surface area contributed by atoms with Gasteiger partial charge in [0.05, 0.1) is 5.69 Å². The molecular formula is C22H20F2N4O3. The summed E-state index contributed by atoms with van der Waals surface area (Å²) in [6.45, 7) is 1.20. The number of alkyl halides is 2. The Kier molecular flexibility index (Phi) is 6.18. The van der Waals surface area contributed by atoms with Gasteiger partial charge in [0.15, 0.2) is 12.4 Å². The molecule has 0 radical (unpaired) electrons. The van der Waals surface area contributed by atoms with Gasteiger partial charge in [-0.25, -0.2) is 18.7 Å². The quantitative estimate of drug-likeness (QED) is 0.533. The Balaban J connectivity index is 1.65. The van der Waals surface area contributed by atoms with E-state index in [1.165, 1.54) is 18.2 Å². The smallest absolute Gasteiger partial charge is 0.280 e. The number of carbonyl (C=O) groups is 1. The number of pyridine rings is 2. The predicted molar refractivity (Wildman–Crippen MR) is 106 cm³/mol. The van der Waals surface area contributed by atoms with E-state index in [-0.39, 0.29) is 18.7 Å². The van der Waals surface area contributed by atoms with Crippen molar-refractivity contribution in [3.05, 3.63) is 59.3 Å². The fraction of sp³-hybridized carbons (Fsp3) is 0.364. The molecule has 1 aliphatic heterocycles. The van der Waals surface area contributed by atoms with Crippen LogP contribution < -0.4 is 4.74 Å². The molecule has 160 valence electrons. The van der Waals surface area contributed by atoms with Crippen LogP contribution in [-0.4, -0.2) is 40.0 Å². The summed E-state index contributed by atoms with van der Waals surface area (Å²) >= 11 is 0. The fourth-order valence-electron chi connectivity index (χ4n) is 3.64. The first kappa shape index (κ1) is 20.9. The third kappa shape index (κ3) is 4.70. The zero-order valence-corrected chi connectivity index (χ0v) is 16.6. The summed E-state index contributed by atoms with van der Waals surface area (Å²) in [4.78, 5) is 21.2. The number of fused-ring (bicyclic) bond motifs is 1. The average molecular weight is 426 g/mol. The molecule has 4 rings (SSSR count). The SMILES string of the molecule is N#CCOc1cc2nc(C3CCOCC3)cn2cc1CC(=O)c1cccc(C(F)F)n1. The molecule has 0 spiro atoms. The van der Waals surface area contributed by atoms with Gasteiger partial charge in [-0.15, -0.1) is 0 Å². The highest BCUT2D eigenvalue weighted by Gasteiger charge is 2.21. The van der Waals surface area contributed by atoms with Gasteiger partial charge in [-0.1, -0.05) is 6.07 Å². The molecule has 7 nitrogen and oxygen atoms in total. The maximum absolute atomic E-state index is 12.9. The van der Waals surface area contributed by atoms with Crippen LogP contribution in [0.1, 0.15) is 52.6 Å². The largest absolute Gasteiger partial charge is 0.478 e. The van der Waals surface area contributed by atoms with Crippen LogP contribution >= 0.6 is 0 Å². The summed E-state index contributed by atoms with van der Waals surface area (Å²) in [5, 5.41) is 8.89. The number of imidazole rings is 1. The van der Waals surface area contributed by atoms with Crippen molar-refractivity contribution in [3.63, 3.8) is 0 Å². The Hall–Kier alpha value is -3.38. The molecule has 1 aliphatic rings. The zero-order chi connectivity index (χ0) is 21.8. The molecule has 1 fully saturated rings. The number of ketones is 1. The normalized spacial score (nSPS) is 14.6. The third-order valence-corrected chi connectivity index (χ3v) is 5.21. The van der Waals surface area contributed by atoms with Crippen molar-refractivity contribution in [2.24, 2.45) is 0 Å². The molecule has 0 atom stereocenters. The summed E-state index contributed by atoms with van der Waals surface area (Å²) in [6, 6.07) is 7.56. The number of Topliss-reactive ketones (excluding diaryl/α,β-unsaturated/α-hetero) is 1.